The van der Waals surface area contributed by atoms with Gasteiger partial charge in [0.2, 0.25) is 10.0 Å². The Bertz CT molecular complexity index is 368. The van der Waals surface area contributed by atoms with Gasteiger partial charge in [-0.25, -0.2) is 13.1 Å². The first kappa shape index (κ1) is 15.2. The molecule has 0 bridgehead atoms. The lowest BCUT2D eigenvalue weighted by atomic mass is 9.67. The van der Waals surface area contributed by atoms with Gasteiger partial charge >= 0.3 is 0 Å². The van der Waals surface area contributed by atoms with Crippen molar-refractivity contribution in [1.82, 2.24) is 14.9 Å². The summed E-state index contributed by atoms with van der Waals surface area (Å²) in [6, 6.07) is 0. The number of hydrogen-bond acceptors (Lipinski definition) is 4. The maximum Gasteiger partial charge on any atom is 0.212 e. The van der Waals surface area contributed by atoms with Crippen LogP contribution >= 0.6 is 0 Å². The van der Waals surface area contributed by atoms with E-state index in [2.05, 4.69) is 21.9 Å². The summed E-state index contributed by atoms with van der Waals surface area (Å²) in [7, 11) is -3.11. The van der Waals surface area contributed by atoms with E-state index in [1.807, 2.05) is 0 Å². The third kappa shape index (κ3) is 4.41. The molecule has 1 saturated carbocycles. The predicted octanol–water partition coefficient (Wildman–Crippen LogP) is 0.391. The Morgan fingerprint density at radius 3 is 2.47 bits per heavy atom. The van der Waals surface area contributed by atoms with Gasteiger partial charge in [-0.15, -0.1) is 0 Å². The molecule has 5 nitrogen and oxygen atoms in total. The summed E-state index contributed by atoms with van der Waals surface area (Å²) in [5, 5.41) is 3.27. The lowest BCUT2D eigenvalue weighted by Gasteiger charge is -2.41. The van der Waals surface area contributed by atoms with Crippen LogP contribution < -0.4 is 10.0 Å². The molecule has 1 aliphatic carbocycles. The van der Waals surface area contributed by atoms with Crippen LogP contribution in [0.25, 0.3) is 0 Å². The highest BCUT2D eigenvalue weighted by atomic mass is 32.2. The van der Waals surface area contributed by atoms with E-state index in [0.29, 0.717) is 13.1 Å². The quantitative estimate of drug-likeness (QED) is 0.712. The Hall–Kier alpha value is -0.170. The fraction of sp³-hybridized carbons (Fsp3) is 1.00. The fourth-order valence-electron chi connectivity index (χ4n) is 2.85. The van der Waals surface area contributed by atoms with Gasteiger partial charge < -0.3 is 5.32 Å². The molecule has 1 aliphatic heterocycles. The molecule has 1 saturated heterocycles. The minimum atomic E-state index is -3.11. The monoisotopic (exact) mass is 289 g/mol. The van der Waals surface area contributed by atoms with Crippen LogP contribution in [-0.4, -0.2) is 58.3 Å². The molecule has 2 fully saturated rings. The Kier molecular flexibility index (Phi) is 5.22. The zero-order valence-corrected chi connectivity index (χ0v) is 12.8. The second-order valence-electron chi connectivity index (χ2n) is 5.94. The highest BCUT2D eigenvalue weighted by Gasteiger charge is 2.35. The lowest BCUT2D eigenvalue weighted by molar-refractivity contribution is 0.133. The van der Waals surface area contributed by atoms with E-state index < -0.39 is 10.0 Å². The summed E-state index contributed by atoms with van der Waals surface area (Å²) in [5.74, 6) is 0.229. The zero-order valence-electron chi connectivity index (χ0n) is 12.0. The van der Waals surface area contributed by atoms with Crippen molar-refractivity contribution in [2.75, 3.05) is 45.0 Å². The van der Waals surface area contributed by atoms with E-state index in [-0.39, 0.29) is 11.2 Å². The predicted molar refractivity (Wildman–Crippen MR) is 77.7 cm³/mol. The van der Waals surface area contributed by atoms with Crippen LogP contribution in [0.3, 0.4) is 0 Å². The average Bonchev–Trinajstić information content (AvgIpc) is 2.37. The van der Waals surface area contributed by atoms with E-state index in [4.69, 9.17) is 0 Å². The van der Waals surface area contributed by atoms with E-state index in [1.165, 1.54) is 19.3 Å². The van der Waals surface area contributed by atoms with Gasteiger partial charge in [0.25, 0.3) is 0 Å². The van der Waals surface area contributed by atoms with Gasteiger partial charge in [-0.3, -0.25) is 4.90 Å². The van der Waals surface area contributed by atoms with Crippen molar-refractivity contribution in [3.63, 3.8) is 0 Å². The molecule has 0 spiro atoms. The maximum absolute atomic E-state index is 12.0. The third-order valence-corrected chi connectivity index (χ3v) is 6.02. The standard InChI is InChI=1S/C13H27N3O2S/c1-2-13(4-3-5-13)12-15-19(17,18)11-10-16-8-6-14-7-9-16/h14-15H,2-12H2,1H3. The topological polar surface area (TPSA) is 61.4 Å². The largest absolute Gasteiger partial charge is 0.314 e. The number of hydrogen-bond donors (Lipinski definition) is 2. The summed E-state index contributed by atoms with van der Waals surface area (Å²) in [6.45, 7) is 7.28. The molecular weight excluding hydrogens is 262 g/mol. The van der Waals surface area contributed by atoms with Gasteiger partial charge in [0.1, 0.15) is 0 Å². The molecule has 0 atom stereocenters. The van der Waals surface area contributed by atoms with E-state index in [9.17, 15) is 8.42 Å². The Labute approximate surface area is 117 Å². The molecule has 0 unspecified atom stereocenters. The smallest absolute Gasteiger partial charge is 0.212 e. The van der Waals surface area contributed by atoms with Crippen molar-refractivity contribution < 1.29 is 8.42 Å². The first-order valence-corrected chi connectivity index (χ1v) is 9.11. The van der Waals surface area contributed by atoms with Gasteiger partial charge in [0, 0.05) is 39.3 Å². The van der Waals surface area contributed by atoms with Crippen LogP contribution in [0.5, 0.6) is 0 Å². The number of nitrogens with one attached hydrogen (secondary N) is 2. The summed E-state index contributed by atoms with van der Waals surface area (Å²) in [5.41, 5.74) is 0.252. The van der Waals surface area contributed by atoms with Crippen molar-refractivity contribution in [2.45, 2.75) is 32.6 Å². The molecule has 0 aromatic heterocycles. The van der Waals surface area contributed by atoms with Crippen molar-refractivity contribution in [2.24, 2.45) is 5.41 Å². The summed E-state index contributed by atoms with van der Waals surface area (Å²) >= 11 is 0. The van der Waals surface area contributed by atoms with E-state index in [1.54, 1.807) is 0 Å². The van der Waals surface area contributed by atoms with Crippen LogP contribution in [0.4, 0.5) is 0 Å². The molecule has 1 heterocycles. The molecule has 0 aromatic carbocycles. The van der Waals surface area contributed by atoms with Crippen LogP contribution in [0.2, 0.25) is 0 Å². The van der Waals surface area contributed by atoms with Crippen LogP contribution in [0, 0.1) is 5.41 Å². The molecule has 2 aliphatic rings. The molecule has 6 heteroatoms. The Morgan fingerprint density at radius 1 is 1.26 bits per heavy atom. The van der Waals surface area contributed by atoms with Gasteiger partial charge in [-0.05, 0) is 24.7 Å². The first-order chi connectivity index (χ1) is 9.05. The van der Waals surface area contributed by atoms with Crippen molar-refractivity contribution in [3.05, 3.63) is 0 Å². The zero-order chi connectivity index (χ0) is 13.8. The fourth-order valence-corrected chi connectivity index (χ4v) is 4.02. The van der Waals surface area contributed by atoms with Crippen molar-refractivity contribution in [3.8, 4) is 0 Å². The molecule has 0 amide bonds. The van der Waals surface area contributed by atoms with Crippen LogP contribution in [0.15, 0.2) is 0 Å². The summed E-state index contributed by atoms with van der Waals surface area (Å²) in [4.78, 5) is 2.22. The van der Waals surface area contributed by atoms with E-state index >= 15 is 0 Å². The second kappa shape index (κ2) is 6.52. The highest BCUT2D eigenvalue weighted by molar-refractivity contribution is 7.89. The van der Waals surface area contributed by atoms with E-state index in [0.717, 1.165) is 32.6 Å². The summed E-state index contributed by atoms with van der Waals surface area (Å²) < 4.78 is 26.9. The molecule has 2 rings (SSSR count). The Morgan fingerprint density at radius 2 is 1.95 bits per heavy atom. The minimum absolute atomic E-state index is 0.229. The molecule has 2 N–H and O–H groups in total. The minimum Gasteiger partial charge on any atom is -0.314 e. The summed E-state index contributed by atoms with van der Waals surface area (Å²) in [6.07, 6.45) is 4.66. The van der Waals surface area contributed by atoms with Gasteiger partial charge in [0.15, 0.2) is 0 Å². The maximum atomic E-state index is 12.0. The van der Waals surface area contributed by atoms with Gasteiger partial charge in [-0.2, -0.15) is 0 Å². The molecule has 112 valence electrons. The molecule has 19 heavy (non-hydrogen) atoms. The molecular formula is C13H27N3O2S. The number of nitrogens with zero attached hydrogens (tertiary/aromatic N) is 1. The SMILES string of the molecule is CCC1(CNS(=O)(=O)CCN2CCNCC2)CCC1. The average molecular weight is 289 g/mol. The number of piperazine rings is 1. The Balaban J connectivity index is 1.72. The first-order valence-electron chi connectivity index (χ1n) is 7.46. The van der Waals surface area contributed by atoms with Crippen LogP contribution in [0.1, 0.15) is 32.6 Å². The molecule has 0 aromatic rings. The van der Waals surface area contributed by atoms with Crippen molar-refractivity contribution in [1.29, 1.82) is 0 Å². The van der Waals surface area contributed by atoms with Gasteiger partial charge in [0.05, 0.1) is 5.75 Å². The normalized spacial score (nSPS) is 24.1. The third-order valence-electron chi connectivity index (χ3n) is 4.72. The van der Waals surface area contributed by atoms with Gasteiger partial charge in [-0.1, -0.05) is 13.3 Å². The second-order valence-corrected chi connectivity index (χ2v) is 7.87. The highest BCUT2D eigenvalue weighted by Crippen LogP contribution is 2.43. The number of rotatable bonds is 7. The van der Waals surface area contributed by atoms with Crippen LogP contribution in [-0.2, 0) is 10.0 Å². The number of sulfonamides is 1. The molecule has 0 radical (unpaired) electrons. The van der Waals surface area contributed by atoms with Crippen molar-refractivity contribution >= 4 is 10.0 Å². The lowest BCUT2D eigenvalue weighted by Crippen LogP contribution is -2.47.